The third-order valence-corrected chi connectivity index (χ3v) is 4.18. The summed E-state index contributed by atoms with van der Waals surface area (Å²) in [6.07, 6.45) is 4.02. The first-order valence-electron chi connectivity index (χ1n) is 7.89. The molecule has 1 atom stereocenters. The van der Waals surface area contributed by atoms with Gasteiger partial charge in [0.2, 0.25) is 5.95 Å². The van der Waals surface area contributed by atoms with Gasteiger partial charge in [-0.15, -0.1) is 0 Å². The SMILES string of the molecule is CN1CCN(C(=O)c2ccnc(NCC3CCCO3)n2)CC1. The summed E-state index contributed by atoms with van der Waals surface area (Å²) in [5, 5.41) is 3.17. The molecule has 3 rings (SSSR count). The maximum absolute atomic E-state index is 12.5. The van der Waals surface area contributed by atoms with Crippen LogP contribution >= 0.6 is 0 Å². The maximum Gasteiger partial charge on any atom is 0.272 e. The zero-order valence-electron chi connectivity index (χ0n) is 13.0. The Morgan fingerprint density at radius 2 is 2.23 bits per heavy atom. The molecule has 120 valence electrons. The number of aromatic nitrogens is 2. The van der Waals surface area contributed by atoms with Gasteiger partial charge >= 0.3 is 0 Å². The third kappa shape index (κ3) is 3.72. The lowest BCUT2D eigenvalue weighted by molar-refractivity contribution is 0.0658. The zero-order valence-corrected chi connectivity index (χ0v) is 13.0. The largest absolute Gasteiger partial charge is 0.376 e. The van der Waals surface area contributed by atoms with Gasteiger partial charge in [0.25, 0.3) is 5.91 Å². The molecule has 0 aliphatic carbocycles. The fourth-order valence-corrected chi connectivity index (χ4v) is 2.74. The molecule has 2 aliphatic rings. The molecule has 1 amide bonds. The quantitative estimate of drug-likeness (QED) is 0.871. The van der Waals surface area contributed by atoms with Crippen LogP contribution in [0.2, 0.25) is 0 Å². The Morgan fingerprint density at radius 3 is 2.95 bits per heavy atom. The van der Waals surface area contributed by atoms with E-state index in [9.17, 15) is 4.79 Å². The van der Waals surface area contributed by atoms with Gasteiger partial charge in [-0.3, -0.25) is 4.79 Å². The van der Waals surface area contributed by atoms with E-state index in [1.807, 2.05) is 4.90 Å². The number of hydrogen-bond acceptors (Lipinski definition) is 6. The van der Waals surface area contributed by atoms with E-state index in [-0.39, 0.29) is 12.0 Å². The summed E-state index contributed by atoms with van der Waals surface area (Å²) in [5.41, 5.74) is 0.453. The number of anilines is 1. The first-order chi connectivity index (χ1) is 10.7. The Morgan fingerprint density at radius 1 is 1.41 bits per heavy atom. The molecule has 1 aromatic heterocycles. The number of nitrogens with one attached hydrogen (secondary N) is 1. The highest BCUT2D eigenvalue weighted by Crippen LogP contribution is 2.13. The number of ether oxygens (including phenoxy) is 1. The van der Waals surface area contributed by atoms with Crippen molar-refractivity contribution in [1.82, 2.24) is 19.8 Å². The van der Waals surface area contributed by atoms with E-state index in [0.29, 0.717) is 18.2 Å². The van der Waals surface area contributed by atoms with Crippen LogP contribution < -0.4 is 5.32 Å². The van der Waals surface area contributed by atoms with Crippen LogP contribution in [0.5, 0.6) is 0 Å². The number of hydrogen-bond donors (Lipinski definition) is 1. The summed E-state index contributed by atoms with van der Waals surface area (Å²) < 4.78 is 5.56. The highest BCUT2D eigenvalue weighted by Gasteiger charge is 2.22. The van der Waals surface area contributed by atoms with Crippen molar-refractivity contribution < 1.29 is 9.53 Å². The van der Waals surface area contributed by atoms with Crippen molar-refractivity contribution in [2.45, 2.75) is 18.9 Å². The Labute approximate surface area is 130 Å². The summed E-state index contributed by atoms with van der Waals surface area (Å²) in [4.78, 5) is 25.1. The molecular formula is C15H23N5O2. The molecule has 1 unspecified atom stereocenters. The molecule has 2 aliphatic heterocycles. The van der Waals surface area contributed by atoms with Gasteiger partial charge in [-0.1, -0.05) is 0 Å². The smallest absolute Gasteiger partial charge is 0.272 e. The second kappa shape index (κ2) is 7.02. The Bertz CT molecular complexity index is 510. The number of piperazine rings is 1. The van der Waals surface area contributed by atoms with Crippen molar-refractivity contribution >= 4 is 11.9 Å². The summed E-state index contributed by atoms with van der Waals surface area (Å²) in [7, 11) is 2.07. The lowest BCUT2D eigenvalue weighted by atomic mass is 10.2. The molecule has 0 spiro atoms. The molecule has 1 N–H and O–H groups in total. The van der Waals surface area contributed by atoms with Gasteiger partial charge in [-0.05, 0) is 26.0 Å². The molecular weight excluding hydrogens is 282 g/mol. The highest BCUT2D eigenvalue weighted by atomic mass is 16.5. The van der Waals surface area contributed by atoms with E-state index < -0.39 is 0 Å². The van der Waals surface area contributed by atoms with Crippen LogP contribution in [0.25, 0.3) is 0 Å². The predicted octanol–water partition coefficient (Wildman–Crippen LogP) is 0.455. The van der Waals surface area contributed by atoms with Gasteiger partial charge in [-0.25, -0.2) is 9.97 Å². The van der Waals surface area contributed by atoms with Crippen LogP contribution in [0.3, 0.4) is 0 Å². The topological polar surface area (TPSA) is 70.6 Å². The van der Waals surface area contributed by atoms with Crippen molar-refractivity contribution in [1.29, 1.82) is 0 Å². The van der Waals surface area contributed by atoms with Crippen molar-refractivity contribution in [3.63, 3.8) is 0 Å². The lowest BCUT2D eigenvalue weighted by Crippen LogP contribution is -2.47. The first-order valence-corrected chi connectivity index (χ1v) is 7.89. The standard InChI is InChI=1S/C15H23N5O2/c1-19-6-8-20(9-7-19)14(21)13-4-5-16-15(18-13)17-11-12-3-2-10-22-12/h4-5,12H,2-3,6-11H2,1H3,(H,16,17,18). The molecule has 0 radical (unpaired) electrons. The van der Waals surface area contributed by atoms with E-state index in [4.69, 9.17) is 4.74 Å². The fourth-order valence-electron chi connectivity index (χ4n) is 2.74. The van der Waals surface area contributed by atoms with Gasteiger partial charge in [-0.2, -0.15) is 0 Å². The molecule has 3 heterocycles. The van der Waals surface area contributed by atoms with Gasteiger partial charge in [0.1, 0.15) is 5.69 Å². The molecule has 0 bridgehead atoms. The van der Waals surface area contributed by atoms with E-state index in [0.717, 1.165) is 45.6 Å². The molecule has 7 nitrogen and oxygen atoms in total. The predicted molar refractivity (Wildman–Crippen MR) is 82.9 cm³/mol. The number of nitrogens with zero attached hydrogens (tertiary/aromatic N) is 4. The van der Waals surface area contributed by atoms with Crippen molar-refractivity contribution in [2.24, 2.45) is 0 Å². The monoisotopic (exact) mass is 305 g/mol. The van der Waals surface area contributed by atoms with Gasteiger partial charge in [0.05, 0.1) is 6.10 Å². The van der Waals surface area contributed by atoms with E-state index in [2.05, 4.69) is 27.2 Å². The summed E-state index contributed by atoms with van der Waals surface area (Å²) in [5.74, 6) is 0.478. The maximum atomic E-state index is 12.5. The van der Waals surface area contributed by atoms with Crippen LogP contribution in [0.1, 0.15) is 23.3 Å². The zero-order chi connectivity index (χ0) is 15.4. The fraction of sp³-hybridized carbons (Fsp3) is 0.667. The van der Waals surface area contributed by atoms with Crippen molar-refractivity contribution in [3.05, 3.63) is 18.0 Å². The highest BCUT2D eigenvalue weighted by molar-refractivity contribution is 5.92. The van der Waals surface area contributed by atoms with Gasteiger partial charge in [0, 0.05) is 45.5 Å². The summed E-state index contributed by atoms with van der Waals surface area (Å²) in [6, 6.07) is 1.68. The molecule has 0 aromatic carbocycles. The minimum atomic E-state index is -0.0179. The Kier molecular flexibility index (Phi) is 4.84. The molecule has 2 fully saturated rings. The number of amides is 1. The van der Waals surface area contributed by atoms with Crippen LogP contribution in [-0.2, 0) is 4.74 Å². The normalized spacial score (nSPS) is 22.8. The third-order valence-electron chi connectivity index (χ3n) is 4.18. The molecule has 22 heavy (non-hydrogen) atoms. The van der Waals surface area contributed by atoms with Crippen molar-refractivity contribution in [3.8, 4) is 0 Å². The first kappa shape index (κ1) is 15.2. The van der Waals surface area contributed by atoms with Crippen LogP contribution in [0, 0.1) is 0 Å². The summed E-state index contributed by atoms with van der Waals surface area (Å²) >= 11 is 0. The van der Waals surface area contributed by atoms with Crippen LogP contribution in [0.4, 0.5) is 5.95 Å². The molecule has 0 saturated carbocycles. The number of rotatable bonds is 4. The average Bonchev–Trinajstić information content (AvgIpc) is 3.07. The van der Waals surface area contributed by atoms with Crippen molar-refractivity contribution in [2.75, 3.05) is 51.7 Å². The van der Waals surface area contributed by atoms with E-state index in [1.54, 1.807) is 12.3 Å². The molecule has 2 saturated heterocycles. The van der Waals surface area contributed by atoms with Crippen LogP contribution in [-0.4, -0.2) is 78.2 Å². The second-order valence-electron chi connectivity index (χ2n) is 5.88. The minimum absolute atomic E-state index is 0.0179. The van der Waals surface area contributed by atoms with E-state index in [1.165, 1.54) is 0 Å². The second-order valence-corrected chi connectivity index (χ2v) is 5.88. The Balaban J connectivity index is 1.59. The molecule has 1 aromatic rings. The van der Waals surface area contributed by atoms with Crippen LogP contribution in [0.15, 0.2) is 12.3 Å². The number of carbonyl (C=O) groups is 1. The Hall–Kier alpha value is -1.73. The van der Waals surface area contributed by atoms with Gasteiger partial charge in [0.15, 0.2) is 0 Å². The van der Waals surface area contributed by atoms with E-state index >= 15 is 0 Å². The number of likely N-dealkylation sites (N-methyl/N-ethyl adjacent to an activating group) is 1. The number of carbonyl (C=O) groups excluding carboxylic acids is 1. The molecule has 7 heteroatoms. The minimum Gasteiger partial charge on any atom is -0.376 e. The van der Waals surface area contributed by atoms with Gasteiger partial charge < -0.3 is 19.9 Å². The average molecular weight is 305 g/mol. The lowest BCUT2D eigenvalue weighted by Gasteiger charge is -2.32. The summed E-state index contributed by atoms with van der Waals surface area (Å²) in [6.45, 7) is 4.82.